The number of rotatable bonds is 6. The van der Waals surface area contributed by atoms with Gasteiger partial charge in [0.1, 0.15) is 5.75 Å². The number of phenolic OH excluding ortho intramolecular Hbond substituents is 1. The number of hydrogen-bond donors (Lipinski definition) is 2. The van der Waals surface area contributed by atoms with Gasteiger partial charge in [0.25, 0.3) is 0 Å². The molecule has 2 aromatic rings. The van der Waals surface area contributed by atoms with Gasteiger partial charge < -0.3 is 19.8 Å². The standard InChI is InChI=1S/C17H17Cl2NO4/c1-24-3-2-20(17(22)23)10-11-4-12(8-16(21)5-11)13-6-14(18)9-15(19)7-13/h4-9,21H,2-3,10H2,1H3,(H,22,23). The SMILES string of the molecule is COCCN(Cc1cc(O)cc(-c2cc(Cl)cc(Cl)c2)c1)C(=O)O. The number of benzene rings is 2. The number of ether oxygens (including phenoxy) is 1. The summed E-state index contributed by atoms with van der Waals surface area (Å²) in [6, 6.07) is 9.97. The lowest BCUT2D eigenvalue weighted by Gasteiger charge is -2.19. The van der Waals surface area contributed by atoms with Crippen LogP contribution in [0.3, 0.4) is 0 Å². The second kappa shape index (κ2) is 8.24. The average molecular weight is 370 g/mol. The Morgan fingerprint density at radius 1 is 1.08 bits per heavy atom. The number of aromatic hydroxyl groups is 1. The smallest absolute Gasteiger partial charge is 0.407 e. The fourth-order valence-electron chi connectivity index (χ4n) is 2.32. The zero-order chi connectivity index (χ0) is 17.7. The lowest BCUT2D eigenvalue weighted by molar-refractivity contribution is 0.115. The average Bonchev–Trinajstić information content (AvgIpc) is 2.49. The third-order valence-electron chi connectivity index (χ3n) is 3.38. The number of amides is 1. The van der Waals surface area contributed by atoms with E-state index < -0.39 is 6.09 Å². The molecular formula is C17H17Cl2NO4. The normalized spacial score (nSPS) is 10.6. The van der Waals surface area contributed by atoms with Crippen LogP contribution < -0.4 is 0 Å². The van der Waals surface area contributed by atoms with E-state index in [9.17, 15) is 15.0 Å². The molecule has 0 saturated carbocycles. The van der Waals surface area contributed by atoms with E-state index in [1.807, 2.05) is 0 Å². The summed E-state index contributed by atoms with van der Waals surface area (Å²) >= 11 is 12.0. The highest BCUT2D eigenvalue weighted by Gasteiger charge is 2.13. The quantitative estimate of drug-likeness (QED) is 0.786. The number of phenols is 1. The zero-order valence-corrected chi connectivity index (χ0v) is 14.5. The summed E-state index contributed by atoms with van der Waals surface area (Å²) in [6.45, 7) is 0.663. The van der Waals surface area contributed by atoms with Gasteiger partial charge in [-0.15, -0.1) is 0 Å². The first-order chi connectivity index (χ1) is 11.4. The van der Waals surface area contributed by atoms with Gasteiger partial charge in [0.05, 0.1) is 6.61 Å². The molecule has 0 aliphatic heterocycles. The molecule has 2 rings (SSSR count). The molecule has 0 atom stereocenters. The molecule has 0 aliphatic rings. The number of methoxy groups -OCH3 is 1. The molecule has 128 valence electrons. The predicted octanol–water partition coefficient (Wildman–Crippen LogP) is 4.49. The van der Waals surface area contributed by atoms with Gasteiger partial charge in [-0.05, 0) is 53.1 Å². The van der Waals surface area contributed by atoms with E-state index in [-0.39, 0.29) is 18.8 Å². The fourth-order valence-corrected chi connectivity index (χ4v) is 2.84. The summed E-state index contributed by atoms with van der Waals surface area (Å²) in [4.78, 5) is 12.5. The first-order valence-electron chi connectivity index (χ1n) is 7.15. The van der Waals surface area contributed by atoms with Gasteiger partial charge in [0, 0.05) is 30.2 Å². The molecule has 0 fully saturated rings. The molecule has 0 radical (unpaired) electrons. The minimum atomic E-state index is -1.05. The summed E-state index contributed by atoms with van der Waals surface area (Å²) in [5, 5.41) is 20.2. The Balaban J connectivity index is 2.32. The van der Waals surface area contributed by atoms with Gasteiger partial charge in [-0.2, -0.15) is 0 Å². The Labute approximate surface area is 150 Å². The van der Waals surface area contributed by atoms with Crippen molar-refractivity contribution in [3.8, 4) is 16.9 Å². The van der Waals surface area contributed by atoms with Gasteiger partial charge >= 0.3 is 6.09 Å². The molecule has 7 heteroatoms. The topological polar surface area (TPSA) is 70.0 Å². The molecule has 2 aromatic carbocycles. The maximum absolute atomic E-state index is 11.3. The van der Waals surface area contributed by atoms with Crippen molar-refractivity contribution >= 4 is 29.3 Å². The van der Waals surface area contributed by atoms with Crippen LogP contribution >= 0.6 is 23.2 Å². The van der Waals surface area contributed by atoms with Gasteiger partial charge in [0.15, 0.2) is 0 Å². The monoisotopic (exact) mass is 369 g/mol. The molecule has 0 aromatic heterocycles. The first kappa shape index (κ1) is 18.4. The van der Waals surface area contributed by atoms with Crippen molar-refractivity contribution in [1.82, 2.24) is 4.90 Å². The van der Waals surface area contributed by atoms with E-state index >= 15 is 0 Å². The Kier molecular flexibility index (Phi) is 6.31. The van der Waals surface area contributed by atoms with E-state index in [2.05, 4.69) is 0 Å². The highest BCUT2D eigenvalue weighted by molar-refractivity contribution is 6.35. The van der Waals surface area contributed by atoms with Crippen molar-refractivity contribution in [3.05, 3.63) is 52.0 Å². The van der Waals surface area contributed by atoms with Crippen molar-refractivity contribution in [1.29, 1.82) is 0 Å². The highest BCUT2D eigenvalue weighted by Crippen LogP contribution is 2.30. The van der Waals surface area contributed by atoms with Crippen molar-refractivity contribution in [2.75, 3.05) is 20.3 Å². The van der Waals surface area contributed by atoms with Crippen LogP contribution in [0.4, 0.5) is 4.79 Å². The van der Waals surface area contributed by atoms with Crippen LogP contribution in [0.2, 0.25) is 10.0 Å². The Morgan fingerprint density at radius 3 is 2.29 bits per heavy atom. The van der Waals surface area contributed by atoms with E-state index in [0.29, 0.717) is 27.8 Å². The summed E-state index contributed by atoms with van der Waals surface area (Å²) < 4.78 is 4.92. The van der Waals surface area contributed by atoms with Gasteiger partial charge in [-0.1, -0.05) is 23.2 Å². The van der Waals surface area contributed by atoms with E-state index in [1.54, 1.807) is 30.3 Å². The van der Waals surface area contributed by atoms with Crippen LogP contribution in [-0.4, -0.2) is 41.5 Å². The molecule has 0 bridgehead atoms. The predicted molar refractivity (Wildman–Crippen MR) is 93.9 cm³/mol. The number of nitrogens with zero attached hydrogens (tertiary/aromatic N) is 1. The lowest BCUT2D eigenvalue weighted by atomic mass is 10.0. The van der Waals surface area contributed by atoms with Gasteiger partial charge in [-0.25, -0.2) is 4.79 Å². The third-order valence-corrected chi connectivity index (χ3v) is 3.82. The summed E-state index contributed by atoms with van der Waals surface area (Å²) in [5.41, 5.74) is 2.09. The van der Waals surface area contributed by atoms with Gasteiger partial charge in [0.2, 0.25) is 0 Å². The van der Waals surface area contributed by atoms with Crippen LogP contribution in [0.25, 0.3) is 11.1 Å². The molecule has 0 unspecified atom stereocenters. The lowest BCUT2D eigenvalue weighted by Crippen LogP contribution is -2.32. The van der Waals surface area contributed by atoms with E-state index in [1.165, 1.54) is 18.1 Å². The number of carbonyl (C=O) groups is 1. The third kappa shape index (κ3) is 5.03. The minimum absolute atomic E-state index is 0.0377. The summed E-state index contributed by atoms with van der Waals surface area (Å²) in [6.07, 6.45) is -1.05. The van der Waals surface area contributed by atoms with Gasteiger partial charge in [-0.3, -0.25) is 0 Å². The first-order valence-corrected chi connectivity index (χ1v) is 7.91. The van der Waals surface area contributed by atoms with E-state index in [4.69, 9.17) is 27.9 Å². The number of carboxylic acid groups (broad SMARTS) is 1. The fraction of sp³-hybridized carbons (Fsp3) is 0.235. The molecule has 0 aliphatic carbocycles. The molecule has 24 heavy (non-hydrogen) atoms. The molecule has 0 saturated heterocycles. The minimum Gasteiger partial charge on any atom is -0.508 e. The van der Waals surface area contributed by atoms with Crippen molar-refractivity contribution in [2.45, 2.75) is 6.54 Å². The van der Waals surface area contributed by atoms with Crippen molar-refractivity contribution in [3.63, 3.8) is 0 Å². The van der Waals surface area contributed by atoms with Crippen LogP contribution in [0.5, 0.6) is 5.75 Å². The Morgan fingerprint density at radius 2 is 1.71 bits per heavy atom. The van der Waals surface area contributed by atoms with Crippen molar-refractivity contribution < 1.29 is 19.7 Å². The maximum Gasteiger partial charge on any atom is 0.407 e. The number of halogens is 2. The molecule has 0 spiro atoms. The Bertz CT molecular complexity index is 716. The van der Waals surface area contributed by atoms with Crippen molar-refractivity contribution in [2.24, 2.45) is 0 Å². The largest absolute Gasteiger partial charge is 0.508 e. The summed E-state index contributed by atoms with van der Waals surface area (Å²) in [7, 11) is 1.51. The molecule has 2 N–H and O–H groups in total. The van der Waals surface area contributed by atoms with Crippen LogP contribution in [0.15, 0.2) is 36.4 Å². The van der Waals surface area contributed by atoms with Crippen LogP contribution in [0, 0.1) is 0 Å². The molecule has 1 amide bonds. The maximum atomic E-state index is 11.3. The van der Waals surface area contributed by atoms with E-state index in [0.717, 1.165) is 5.56 Å². The Hall–Kier alpha value is -1.95. The summed E-state index contributed by atoms with van der Waals surface area (Å²) in [5.74, 6) is 0.0377. The van der Waals surface area contributed by atoms with Crippen LogP contribution in [0.1, 0.15) is 5.56 Å². The molecular weight excluding hydrogens is 353 g/mol. The molecule has 0 heterocycles. The molecule has 5 nitrogen and oxygen atoms in total. The van der Waals surface area contributed by atoms with Crippen LogP contribution in [-0.2, 0) is 11.3 Å². The number of hydrogen-bond acceptors (Lipinski definition) is 3. The zero-order valence-electron chi connectivity index (χ0n) is 13.0. The second-order valence-electron chi connectivity index (χ2n) is 5.24. The second-order valence-corrected chi connectivity index (χ2v) is 6.12. The highest BCUT2D eigenvalue weighted by atomic mass is 35.5.